The zero-order valence-electron chi connectivity index (χ0n) is 12.1. The summed E-state index contributed by atoms with van der Waals surface area (Å²) in [7, 11) is 2.87. The number of benzene rings is 2. The molecule has 0 atom stereocenters. The van der Waals surface area contributed by atoms with Crippen LogP contribution in [0, 0.1) is 0 Å². The number of carboxylic acid groups (broad SMARTS) is 1. The molecule has 0 aliphatic heterocycles. The monoisotopic (exact) mass is 322 g/mol. The zero-order chi connectivity index (χ0) is 16.1. The molecule has 5 nitrogen and oxygen atoms in total. The van der Waals surface area contributed by atoms with Gasteiger partial charge in [-0.1, -0.05) is 23.7 Å². The number of methoxy groups -OCH3 is 2. The molecule has 0 fully saturated rings. The fourth-order valence-corrected chi connectivity index (χ4v) is 2.17. The van der Waals surface area contributed by atoms with Crippen LogP contribution < -0.4 is 14.2 Å². The lowest BCUT2D eigenvalue weighted by molar-refractivity contribution is 0.0688. The highest BCUT2D eigenvalue weighted by Gasteiger charge is 2.20. The van der Waals surface area contributed by atoms with Gasteiger partial charge in [0.05, 0.1) is 14.2 Å². The Kier molecular flexibility index (Phi) is 5.12. The summed E-state index contributed by atoms with van der Waals surface area (Å²) in [6, 6.07) is 10.1. The summed E-state index contributed by atoms with van der Waals surface area (Å²) in [6.45, 7) is 0.178. The average molecular weight is 323 g/mol. The van der Waals surface area contributed by atoms with Crippen molar-refractivity contribution < 1.29 is 24.1 Å². The average Bonchev–Trinajstić information content (AvgIpc) is 2.51. The van der Waals surface area contributed by atoms with E-state index in [4.69, 9.17) is 25.8 Å². The molecule has 0 saturated carbocycles. The molecule has 2 rings (SSSR count). The molecule has 116 valence electrons. The first-order valence-electron chi connectivity index (χ1n) is 6.41. The molecule has 2 aromatic rings. The fraction of sp³-hybridized carbons (Fsp3) is 0.188. The van der Waals surface area contributed by atoms with E-state index in [-0.39, 0.29) is 23.7 Å². The van der Waals surface area contributed by atoms with E-state index < -0.39 is 5.97 Å². The molecule has 1 N–H and O–H groups in total. The van der Waals surface area contributed by atoms with Crippen LogP contribution >= 0.6 is 11.6 Å². The normalized spacial score (nSPS) is 10.1. The molecule has 0 saturated heterocycles. The minimum Gasteiger partial charge on any atom is -0.496 e. The van der Waals surface area contributed by atoms with Crippen molar-refractivity contribution in [2.24, 2.45) is 0 Å². The van der Waals surface area contributed by atoms with Gasteiger partial charge in [-0.2, -0.15) is 0 Å². The summed E-state index contributed by atoms with van der Waals surface area (Å²) < 4.78 is 15.9. The molecular formula is C16H15ClO5. The van der Waals surface area contributed by atoms with Crippen molar-refractivity contribution in [3.63, 3.8) is 0 Å². The molecule has 2 aromatic carbocycles. The second kappa shape index (κ2) is 7.04. The van der Waals surface area contributed by atoms with E-state index in [1.807, 2.05) is 6.07 Å². The highest BCUT2D eigenvalue weighted by atomic mass is 35.5. The highest BCUT2D eigenvalue weighted by Crippen LogP contribution is 2.34. The summed E-state index contributed by atoms with van der Waals surface area (Å²) in [6.07, 6.45) is 0. The highest BCUT2D eigenvalue weighted by molar-refractivity contribution is 6.30. The standard InChI is InChI=1S/C16H15ClO5/c1-20-12-7-13(21-2)15(16(18)19)14(8-12)22-9-10-4-3-5-11(17)6-10/h3-8H,9H2,1-2H3,(H,18,19). The van der Waals surface area contributed by atoms with E-state index in [9.17, 15) is 9.90 Å². The lowest BCUT2D eigenvalue weighted by Crippen LogP contribution is -2.06. The number of halogens is 1. The van der Waals surface area contributed by atoms with Gasteiger partial charge in [0.1, 0.15) is 29.4 Å². The minimum atomic E-state index is -1.14. The van der Waals surface area contributed by atoms with Crippen LogP contribution in [0.25, 0.3) is 0 Å². The number of hydrogen-bond acceptors (Lipinski definition) is 4. The van der Waals surface area contributed by atoms with Gasteiger partial charge in [-0.15, -0.1) is 0 Å². The second-order valence-corrected chi connectivity index (χ2v) is 4.86. The van der Waals surface area contributed by atoms with E-state index in [0.29, 0.717) is 10.8 Å². The largest absolute Gasteiger partial charge is 0.496 e. The molecular weight excluding hydrogens is 308 g/mol. The topological polar surface area (TPSA) is 65.0 Å². The van der Waals surface area contributed by atoms with Crippen LogP contribution in [0.3, 0.4) is 0 Å². The summed E-state index contributed by atoms with van der Waals surface area (Å²) >= 11 is 5.91. The molecule has 0 aliphatic rings. The molecule has 0 radical (unpaired) electrons. The van der Waals surface area contributed by atoms with E-state index >= 15 is 0 Å². The quantitative estimate of drug-likeness (QED) is 0.879. The molecule has 6 heteroatoms. The molecule has 0 aromatic heterocycles. The predicted molar refractivity (Wildman–Crippen MR) is 82.3 cm³/mol. The van der Waals surface area contributed by atoms with Gasteiger partial charge in [0.15, 0.2) is 0 Å². The van der Waals surface area contributed by atoms with Gasteiger partial charge in [0, 0.05) is 17.2 Å². The molecule has 0 spiro atoms. The summed E-state index contributed by atoms with van der Waals surface area (Å²) in [5, 5.41) is 9.95. The van der Waals surface area contributed by atoms with Crippen molar-refractivity contribution in [1.29, 1.82) is 0 Å². The van der Waals surface area contributed by atoms with Crippen molar-refractivity contribution in [2.45, 2.75) is 6.61 Å². The lowest BCUT2D eigenvalue weighted by atomic mass is 10.1. The summed E-state index contributed by atoms with van der Waals surface area (Å²) in [4.78, 5) is 11.4. The van der Waals surface area contributed by atoms with Crippen LogP contribution in [-0.2, 0) is 6.61 Å². The maximum Gasteiger partial charge on any atom is 0.343 e. The van der Waals surface area contributed by atoms with Crippen molar-refractivity contribution in [2.75, 3.05) is 14.2 Å². The molecule has 0 bridgehead atoms. The maximum absolute atomic E-state index is 11.4. The molecule has 0 amide bonds. The van der Waals surface area contributed by atoms with Gasteiger partial charge < -0.3 is 19.3 Å². The molecule has 0 heterocycles. The predicted octanol–water partition coefficient (Wildman–Crippen LogP) is 3.63. The number of aromatic carboxylic acids is 1. The second-order valence-electron chi connectivity index (χ2n) is 4.43. The van der Waals surface area contributed by atoms with Crippen LogP contribution in [0.2, 0.25) is 5.02 Å². The lowest BCUT2D eigenvalue weighted by Gasteiger charge is -2.14. The van der Waals surface area contributed by atoms with Crippen LogP contribution in [0.1, 0.15) is 15.9 Å². The Morgan fingerprint density at radius 3 is 2.45 bits per heavy atom. The van der Waals surface area contributed by atoms with Crippen LogP contribution in [-0.4, -0.2) is 25.3 Å². The molecule has 0 unspecified atom stereocenters. The fourth-order valence-electron chi connectivity index (χ4n) is 1.96. The first kappa shape index (κ1) is 16.0. The third kappa shape index (κ3) is 3.62. The Labute approximate surface area is 133 Å². The number of carboxylic acids is 1. The number of ether oxygens (including phenoxy) is 3. The Balaban J connectivity index is 2.34. The first-order chi connectivity index (χ1) is 10.5. The summed E-state index contributed by atoms with van der Waals surface area (Å²) in [5.41, 5.74) is 0.774. The van der Waals surface area contributed by atoms with Gasteiger partial charge in [-0.05, 0) is 17.7 Å². The van der Waals surface area contributed by atoms with Crippen LogP contribution in [0.5, 0.6) is 17.2 Å². The number of hydrogen-bond donors (Lipinski definition) is 1. The Morgan fingerprint density at radius 2 is 1.86 bits per heavy atom. The van der Waals surface area contributed by atoms with Gasteiger partial charge in [0.2, 0.25) is 0 Å². The van der Waals surface area contributed by atoms with Crippen LogP contribution in [0.4, 0.5) is 0 Å². The van der Waals surface area contributed by atoms with E-state index in [2.05, 4.69) is 0 Å². The molecule has 22 heavy (non-hydrogen) atoms. The van der Waals surface area contributed by atoms with Crippen molar-refractivity contribution >= 4 is 17.6 Å². The maximum atomic E-state index is 11.4. The van der Waals surface area contributed by atoms with Gasteiger partial charge >= 0.3 is 5.97 Å². The Hall–Kier alpha value is -2.40. The van der Waals surface area contributed by atoms with E-state index in [0.717, 1.165) is 5.56 Å². The van der Waals surface area contributed by atoms with Crippen molar-refractivity contribution in [3.8, 4) is 17.2 Å². The van der Waals surface area contributed by atoms with Crippen molar-refractivity contribution in [1.82, 2.24) is 0 Å². The van der Waals surface area contributed by atoms with Gasteiger partial charge in [-0.3, -0.25) is 0 Å². The smallest absolute Gasteiger partial charge is 0.343 e. The SMILES string of the molecule is COc1cc(OC)c(C(=O)O)c(OCc2cccc(Cl)c2)c1. The number of rotatable bonds is 6. The van der Waals surface area contributed by atoms with E-state index in [1.165, 1.54) is 26.4 Å². The number of carbonyl (C=O) groups is 1. The van der Waals surface area contributed by atoms with E-state index in [1.54, 1.807) is 18.2 Å². The van der Waals surface area contributed by atoms with Crippen molar-refractivity contribution in [3.05, 3.63) is 52.5 Å². The van der Waals surface area contributed by atoms with Crippen LogP contribution in [0.15, 0.2) is 36.4 Å². The summed E-state index contributed by atoms with van der Waals surface area (Å²) in [5.74, 6) is -0.347. The zero-order valence-corrected chi connectivity index (χ0v) is 12.9. The van der Waals surface area contributed by atoms with Gasteiger partial charge in [0.25, 0.3) is 0 Å². The third-order valence-corrected chi connectivity index (χ3v) is 3.23. The minimum absolute atomic E-state index is 0.0506. The first-order valence-corrected chi connectivity index (χ1v) is 6.79. The Bertz CT molecular complexity index is 684. The third-order valence-electron chi connectivity index (χ3n) is 2.99. The van der Waals surface area contributed by atoms with Gasteiger partial charge in [-0.25, -0.2) is 4.79 Å². The Morgan fingerprint density at radius 1 is 1.14 bits per heavy atom. The molecule has 0 aliphatic carbocycles.